The molecular formula is C9H10ClNO3. The van der Waals surface area contributed by atoms with Crippen LogP contribution < -0.4 is 10.5 Å². The molecule has 0 fully saturated rings. The summed E-state index contributed by atoms with van der Waals surface area (Å²) in [7, 11) is -5.84. The van der Waals surface area contributed by atoms with Crippen LogP contribution in [0.1, 0.15) is 18.6 Å². The molecule has 0 aliphatic heterocycles. The molecule has 1 rings (SSSR count). The maximum Gasteiger partial charge on any atom is 0.341 e. The van der Waals surface area contributed by atoms with E-state index in [0.717, 1.165) is 12.1 Å². The largest absolute Gasteiger partial charge is 0.496 e. The molecule has 0 aliphatic rings. The van der Waals surface area contributed by atoms with Gasteiger partial charge in [-0.15, -0.1) is 0 Å². The second kappa shape index (κ2) is 4.19. The topological polar surface area (TPSA) is 61.5 Å². The Kier molecular flexibility index (Phi) is 1.46. The molecule has 76 valence electrons. The highest BCUT2D eigenvalue weighted by atomic mass is 35.5. The molecule has 0 bridgehead atoms. The number of benzene rings is 1. The van der Waals surface area contributed by atoms with Crippen molar-refractivity contribution in [2.24, 2.45) is 0 Å². The van der Waals surface area contributed by atoms with E-state index in [-0.39, 0.29) is 10.7 Å². The van der Waals surface area contributed by atoms with E-state index < -0.39 is 31.4 Å². The quantitative estimate of drug-likeness (QED) is 0.610. The predicted molar refractivity (Wildman–Crippen MR) is 53.8 cm³/mol. The molecule has 1 aromatic carbocycles. The Bertz CT molecular complexity index is 528. The first kappa shape index (κ1) is 4.89. The summed E-state index contributed by atoms with van der Waals surface area (Å²) in [4.78, 5) is 11.7. The number of carbonyl (C=O) groups excluding carboxylic acids is 1. The molecule has 14 heavy (non-hydrogen) atoms. The Labute approximate surface area is 95.0 Å². The van der Waals surface area contributed by atoms with Gasteiger partial charge in [-0.05, 0) is 6.07 Å². The smallest absolute Gasteiger partial charge is 0.341 e. The van der Waals surface area contributed by atoms with Gasteiger partial charge < -0.3 is 15.2 Å². The van der Waals surface area contributed by atoms with Crippen LogP contribution in [0.25, 0.3) is 0 Å². The average molecular weight is 222 g/mol. The number of nitrogens with two attached hydrogens (primary N) is 1. The van der Waals surface area contributed by atoms with Crippen molar-refractivity contribution in [2.45, 2.75) is 0 Å². The fraction of sp³-hybridized carbons (Fsp3) is 0.222. The minimum atomic E-state index is -2.98. The molecule has 0 amide bonds. The molecule has 0 saturated heterocycles. The Morgan fingerprint density at radius 1 is 1.57 bits per heavy atom. The first-order chi connectivity index (χ1) is 8.89. The number of anilines is 1. The number of methoxy groups -OCH3 is 2. The Balaban J connectivity index is 3.22. The zero-order chi connectivity index (χ0) is 15.7. The van der Waals surface area contributed by atoms with Crippen molar-refractivity contribution in [3.63, 3.8) is 0 Å². The second-order valence-electron chi connectivity index (χ2n) is 2.36. The van der Waals surface area contributed by atoms with Gasteiger partial charge in [0.2, 0.25) is 0 Å². The van der Waals surface area contributed by atoms with Gasteiger partial charge in [-0.25, -0.2) is 4.79 Å². The summed E-state index contributed by atoms with van der Waals surface area (Å²) in [6.45, 7) is 0. The van der Waals surface area contributed by atoms with Gasteiger partial charge in [0.25, 0.3) is 0 Å². The van der Waals surface area contributed by atoms with E-state index in [1.54, 1.807) is 0 Å². The lowest BCUT2D eigenvalue weighted by molar-refractivity contribution is 0.0597. The van der Waals surface area contributed by atoms with Crippen molar-refractivity contribution in [2.75, 3.05) is 19.8 Å². The number of ether oxygens (including phenoxy) is 2. The molecule has 0 heterocycles. The van der Waals surface area contributed by atoms with E-state index in [4.69, 9.17) is 25.6 Å². The van der Waals surface area contributed by atoms with Crippen molar-refractivity contribution in [3.8, 4) is 5.75 Å². The summed E-state index contributed by atoms with van der Waals surface area (Å²) in [6.07, 6.45) is 0. The number of esters is 1. The normalized spacial score (nSPS) is 17.8. The zero-order valence-electron chi connectivity index (χ0n) is 12.8. The van der Waals surface area contributed by atoms with Gasteiger partial charge in [0.15, 0.2) is 0 Å². The van der Waals surface area contributed by atoms with Gasteiger partial charge >= 0.3 is 5.97 Å². The zero-order valence-corrected chi connectivity index (χ0v) is 7.59. The third-order valence-electron chi connectivity index (χ3n) is 1.52. The van der Waals surface area contributed by atoms with Crippen LogP contribution in [-0.4, -0.2) is 20.0 Å². The number of carbonyl (C=O) groups is 1. The monoisotopic (exact) mass is 221 g/mol. The van der Waals surface area contributed by atoms with E-state index in [0.29, 0.717) is 0 Å². The lowest BCUT2D eigenvalue weighted by atomic mass is 10.2. The molecule has 0 atom stereocenters. The molecule has 1 aromatic rings. The predicted octanol–water partition coefficient (Wildman–Crippen LogP) is 1.72. The van der Waals surface area contributed by atoms with Crippen LogP contribution >= 0.6 is 11.6 Å². The Morgan fingerprint density at radius 2 is 2.36 bits per heavy atom. The van der Waals surface area contributed by atoms with Crippen LogP contribution in [0.3, 0.4) is 0 Å². The minimum absolute atomic E-state index is 0.0312. The fourth-order valence-corrected chi connectivity index (χ4v) is 1.03. The van der Waals surface area contributed by atoms with E-state index in [9.17, 15) is 4.79 Å². The first-order valence-electron chi connectivity index (χ1n) is 6.40. The number of nitrogen functional groups attached to an aromatic ring is 1. The van der Waals surface area contributed by atoms with Gasteiger partial charge in [-0.1, -0.05) is 11.6 Å². The van der Waals surface area contributed by atoms with Crippen LogP contribution in [0, 0.1) is 0 Å². The molecule has 4 nitrogen and oxygen atoms in total. The minimum Gasteiger partial charge on any atom is -0.496 e. The standard InChI is InChI=1S/C9H10ClNO3/c1-13-8-4-7(11)6(10)3-5(8)9(12)14-2/h3-4H,11H2,1-2H3/i1D3,2D3. The van der Waals surface area contributed by atoms with E-state index in [1.807, 2.05) is 0 Å². The van der Waals surface area contributed by atoms with Gasteiger partial charge in [-0.3, -0.25) is 0 Å². The lowest BCUT2D eigenvalue weighted by Gasteiger charge is -2.08. The molecule has 0 aliphatic carbocycles. The third-order valence-corrected chi connectivity index (χ3v) is 1.85. The van der Waals surface area contributed by atoms with Crippen LogP contribution in [0.5, 0.6) is 5.75 Å². The number of halogens is 1. The van der Waals surface area contributed by atoms with Crippen molar-refractivity contribution in [1.82, 2.24) is 0 Å². The van der Waals surface area contributed by atoms with E-state index in [1.165, 1.54) is 0 Å². The summed E-state index contributed by atoms with van der Waals surface area (Å²) in [5.41, 5.74) is 5.00. The molecule has 0 radical (unpaired) electrons. The van der Waals surface area contributed by atoms with Crippen LogP contribution in [0.4, 0.5) is 5.69 Å². The summed E-state index contributed by atoms with van der Waals surface area (Å²) in [5, 5.41) is -0.0691. The van der Waals surface area contributed by atoms with Gasteiger partial charge in [0.1, 0.15) is 11.3 Å². The number of hydrogen-bond acceptors (Lipinski definition) is 4. The molecular weight excluding hydrogens is 206 g/mol. The average Bonchev–Trinajstić information content (AvgIpc) is 2.18. The second-order valence-corrected chi connectivity index (χ2v) is 2.77. The maximum atomic E-state index is 11.7. The highest BCUT2D eigenvalue weighted by Gasteiger charge is 2.14. The maximum absolute atomic E-state index is 11.7. The molecule has 0 aromatic heterocycles. The van der Waals surface area contributed by atoms with Crippen molar-refractivity contribution < 1.29 is 22.5 Å². The summed E-state index contributed by atoms with van der Waals surface area (Å²) >= 11 is 5.70. The van der Waals surface area contributed by atoms with Gasteiger partial charge in [0, 0.05) is 6.07 Å². The SMILES string of the molecule is [2H]C([2H])([2H])OC(=O)c1cc(Cl)c(N)cc1OC([2H])([2H])[2H]. The number of hydrogen-bond donors (Lipinski definition) is 1. The van der Waals surface area contributed by atoms with Crippen molar-refractivity contribution in [1.29, 1.82) is 0 Å². The third kappa shape index (κ3) is 1.90. The molecule has 5 heteroatoms. The fourth-order valence-electron chi connectivity index (χ4n) is 0.868. The van der Waals surface area contributed by atoms with Crippen molar-refractivity contribution >= 4 is 23.3 Å². The van der Waals surface area contributed by atoms with Crippen LogP contribution in [0.15, 0.2) is 12.1 Å². The van der Waals surface area contributed by atoms with Gasteiger partial charge in [0.05, 0.1) is 33.0 Å². The van der Waals surface area contributed by atoms with E-state index >= 15 is 0 Å². The highest BCUT2D eigenvalue weighted by Crippen LogP contribution is 2.29. The Morgan fingerprint density at radius 3 is 3.00 bits per heavy atom. The molecule has 2 N–H and O–H groups in total. The van der Waals surface area contributed by atoms with Crippen molar-refractivity contribution in [3.05, 3.63) is 22.7 Å². The Hall–Kier alpha value is -1.42. The molecule has 0 spiro atoms. The first-order valence-corrected chi connectivity index (χ1v) is 3.78. The molecule has 0 saturated carbocycles. The number of rotatable bonds is 2. The van der Waals surface area contributed by atoms with E-state index in [2.05, 4.69) is 9.47 Å². The summed E-state index contributed by atoms with van der Waals surface area (Å²) in [5.74, 6) is -1.74. The molecule has 0 unspecified atom stereocenters. The highest BCUT2D eigenvalue weighted by molar-refractivity contribution is 6.33. The van der Waals surface area contributed by atoms with Crippen LogP contribution in [-0.2, 0) is 4.74 Å². The summed E-state index contributed by atoms with van der Waals surface area (Å²) in [6, 6.07) is 1.98. The lowest BCUT2D eigenvalue weighted by Crippen LogP contribution is -2.05. The summed E-state index contributed by atoms with van der Waals surface area (Å²) < 4.78 is 50.2. The van der Waals surface area contributed by atoms with Gasteiger partial charge in [-0.2, -0.15) is 0 Å². The van der Waals surface area contributed by atoms with Crippen LogP contribution in [0.2, 0.25) is 5.02 Å².